The van der Waals surface area contributed by atoms with Gasteiger partial charge in [0.2, 0.25) is 0 Å². The van der Waals surface area contributed by atoms with Crippen LogP contribution in [0.25, 0.3) is 0 Å². The first-order chi connectivity index (χ1) is 6.04. The molecule has 0 aliphatic heterocycles. The highest BCUT2D eigenvalue weighted by molar-refractivity contribution is 7.94. The van der Waals surface area contributed by atoms with Crippen molar-refractivity contribution in [3.8, 4) is 5.75 Å². The first-order valence-corrected chi connectivity index (χ1v) is 4.57. The van der Waals surface area contributed by atoms with Gasteiger partial charge in [-0.2, -0.15) is 13.2 Å². The van der Waals surface area contributed by atoms with Crippen molar-refractivity contribution in [1.82, 2.24) is 0 Å². The van der Waals surface area contributed by atoms with E-state index < -0.39 is 11.7 Å². The molecular weight excluding hydrogens is 201 g/mol. The molecule has 1 nitrogen and oxygen atoms in total. The van der Waals surface area contributed by atoms with Crippen LogP contribution in [0.4, 0.5) is 13.2 Å². The van der Waals surface area contributed by atoms with E-state index in [-0.39, 0.29) is 5.75 Å². The highest BCUT2D eigenvalue weighted by atomic mass is 32.2. The largest absolute Gasteiger partial charge is 0.426 e. The molecule has 1 aromatic rings. The van der Waals surface area contributed by atoms with E-state index in [0.717, 1.165) is 24.2 Å². The van der Waals surface area contributed by atoms with Gasteiger partial charge in [0.15, 0.2) is 0 Å². The Morgan fingerprint density at radius 1 is 1.31 bits per heavy atom. The monoisotopic (exact) mass is 208 g/mol. The van der Waals surface area contributed by atoms with E-state index in [9.17, 15) is 13.2 Å². The molecule has 0 N–H and O–H groups in total. The summed E-state index contributed by atoms with van der Waals surface area (Å²) in [4.78, 5) is 0. The van der Waals surface area contributed by atoms with Crippen molar-refractivity contribution in [2.45, 2.75) is 6.18 Å². The molecule has 13 heavy (non-hydrogen) atoms. The van der Waals surface area contributed by atoms with Crippen LogP contribution in [0.5, 0.6) is 5.75 Å². The van der Waals surface area contributed by atoms with E-state index in [1.54, 1.807) is 6.26 Å². The molecule has 0 saturated carbocycles. The predicted octanol–water partition coefficient (Wildman–Crippen LogP) is 3.36. The lowest BCUT2D eigenvalue weighted by Gasteiger charge is -2.07. The highest BCUT2D eigenvalue weighted by Gasteiger charge is 2.30. The van der Waals surface area contributed by atoms with Gasteiger partial charge < -0.3 is 4.18 Å². The van der Waals surface area contributed by atoms with Crippen LogP contribution in [-0.4, -0.2) is 6.26 Å². The third-order valence-electron chi connectivity index (χ3n) is 1.34. The molecule has 0 amide bonds. The molecule has 0 aliphatic carbocycles. The average molecular weight is 208 g/mol. The maximum Gasteiger partial charge on any atom is 0.416 e. The van der Waals surface area contributed by atoms with Crippen LogP contribution < -0.4 is 4.18 Å². The van der Waals surface area contributed by atoms with Crippen LogP contribution >= 0.6 is 12.0 Å². The van der Waals surface area contributed by atoms with Gasteiger partial charge in [0.05, 0.1) is 17.6 Å². The normalized spacial score (nSPS) is 11.4. The van der Waals surface area contributed by atoms with Gasteiger partial charge in [-0.1, -0.05) is 6.07 Å². The number of benzene rings is 1. The van der Waals surface area contributed by atoms with Gasteiger partial charge in [-0.25, -0.2) is 0 Å². The van der Waals surface area contributed by atoms with Crippen LogP contribution in [0.3, 0.4) is 0 Å². The van der Waals surface area contributed by atoms with Crippen molar-refractivity contribution in [2.24, 2.45) is 0 Å². The van der Waals surface area contributed by atoms with Crippen LogP contribution in [-0.2, 0) is 6.18 Å². The number of halogens is 3. The Morgan fingerprint density at radius 2 is 2.00 bits per heavy atom. The lowest BCUT2D eigenvalue weighted by molar-refractivity contribution is -0.137. The Morgan fingerprint density at radius 3 is 2.54 bits per heavy atom. The van der Waals surface area contributed by atoms with Gasteiger partial charge in [0, 0.05) is 6.26 Å². The Bertz CT molecular complexity index is 285. The molecule has 72 valence electrons. The summed E-state index contributed by atoms with van der Waals surface area (Å²) in [5.74, 6) is 0.210. The number of hydrogen-bond acceptors (Lipinski definition) is 2. The molecule has 0 saturated heterocycles. The summed E-state index contributed by atoms with van der Waals surface area (Å²) in [7, 11) is 0. The van der Waals surface area contributed by atoms with Gasteiger partial charge in [-0.3, -0.25) is 0 Å². The fraction of sp³-hybridized carbons (Fsp3) is 0.250. The Balaban J connectivity index is 2.92. The fourth-order valence-electron chi connectivity index (χ4n) is 0.820. The van der Waals surface area contributed by atoms with Gasteiger partial charge >= 0.3 is 6.18 Å². The first-order valence-electron chi connectivity index (χ1n) is 3.42. The topological polar surface area (TPSA) is 9.23 Å². The van der Waals surface area contributed by atoms with Crippen molar-refractivity contribution in [2.75, 3.05) is 6.26 Å². The molecule has 0 radical (unpaired) electrons. The molecule has 0 unspecified atom stereocenters. The van der Waals surface area contributed by atoms with E-state index in [2.05, 4.69) is 0 Å². The van der Waals surface area contributed by atoms with Crippen LogP contribution in [0.1, 0.15) is 5.56 Å². The standard InChI is InChI=1S/C8H7F3OS/c1-13-12-7-4-2-3-6(5-7)8(9,10)11/h2-5H,1H3. The molecule has 0 bridgehead atoms. The second kappa shape index (κ2) is 3.91. The van der Waals surface area contributed by atoms with Crippen LogP contribution in [0.15, 0.2) is 24.3 Å². The summed E-state index contributed by atoms with van der Waals surface area (Å²) in [6.07, 6.45) is -2.67. The fourth-order valence-corrected chi connectivity index (χ4v) is 1.12. The molecule has 0 aromatic heterocycles. The van der Waals surface area contributed by atoms with Crippen molar-refractivity contribution < 1.29 is 17.4 Å². The number of alkyl halides is 3. The molecule has 1 aromatic carbocycles. The first kappa shape index (κ1) is 10.2. The SMILES string of the molecule is CSOc1cccc(C(F)(F)F)c1. The van der Waals surface area contributed by atoms with Gasteiger partial charge in [0.25, 0.3) is 0 Å². The molecule has 0 aliphatic rings. The third kappa shape index (κ3) is 2.84. The Labute approximate surface area is 78.1 Å². The molecular formula is C8H7F3OS. The minimum Gasteiger partial charge on any atom is -0.426 e. The molecule has 0 fully saturated rings. The van der Waals surface area contributed by atoms with Crippen LogP contribution in [0, 0.1) is 0 Å². The van der Waals surface area contributed by atoms with Crippen molar-refractivity contribution in [1.29, 1.82) is 0 Å². The second-order valence-electron chi connectivity index (χ2n) is 2.28. The third-order valence-corrected chi connectivity index (χ3v) is 1.70. The molecule has 0 heterocycles. The molecule has 1 rings (SSSR count). The summed E-state index contributed by atoms with van der Waals surface area (Å²) in [5, 5.41) is 0. The summed E-state index contributed by atoms with van der Waals surface area (Å²) < 4.78 is 41.3. The van der Waals surface area contributed by atoms with E-state index in [0.29, 0.717) is 0 Å². The Kier molecular flexibility index (Phi) is 3.08. The molecule has 0 atom stereocenters. The van der Waals surface area contributed by atoms with Gasteiger partial charge in [-0.15, -0.1) is 0 Å². The minimum absolute atomic E-state index is 0.210. The molecule has 5 heteroatoms. The van der Waals surface area contributed by atoms with Crippen molar-refractivity contribution in [3.05, 3.63) is 29.8 Å². The van der Waals surface area contributed by atoms with Crippen molar-refractivity contribution in [3.63, 3.8) is 0 Å². The summed E-state index contributed by atoms with van der Waals surface area (Å²) in [6.45, 7) is 0. The summed E-state index contributed by atoms with van der Waals surface area (Å²) in [6, 6.07) is 4.77. The molecule has 0 spiro atoms. The lowest BCUT2D eigenvalue weighted by atomic mass is 10.2. The summed E-state index contributed by atoms with van der Waals surface area (Å²) >= 11 is 1.01. The number of hydrogen-bond donors (Lipinski definition) is 0. The zero-order valence-electron chi connectivity index (χ0n) is 6.76. The minimum atomic E-state index is -4.31. The van der Waals surface area contributed by atoms with E-state index in [1.807, 2.05) is 0 Å². The predicted molar refractivity (Wildman–Crippen MR) is 45.6 cm³/mol. The van der Waals surface area contributed by atoms with E-state index in [4.69, 9.17) is 4.18 Å². The zero-order valence-corrected chi connectivity index (χ0v) is 7.58. The highest BCUT2D eigenvalue weighted by Crippen LogP contribution is 2.31. The quantitative estimate of drug-likeness (QED) is 0.689. The van der Waals surface area contributed by atoms with Gasteiger partial charge in [0.1, 0.15) is 5.75 Å². The van der Waals surface area contributed by atoms with Gasteiger partial charge in [-0.05, 0) is 18.2 Å². The smallest absolute Gasteiger partial charge is 0.416 e. The van der Waals surface area contributed by atoms with Crippen molar-refractivity contribution >= 4 is 12.0 Å². The zero-order chi connectivity index (χ0) is 9.90. The van der Waals surface area contributed by atoms with E-state index in [1.165, 1.54) is 12.1 Å². The maximum atomic E-state index is 12.1. The maximum absolute atomic E-state index is 12.1. The number of rotatable bonds is 2. The average Bonchev–Trinajstić information content (AvgIpc) is 2.04. The summed E-state index contributed by atoms with van der Waals surface area (Å²) in [5.41, 5.74) is -0.695. The Hall–Kier alpha value is -0.840. The second-order valence-corrected chi connectivity index (χ2v) is 2.78. The van der Waals surface area contributed by atoms with E-state index >= 15 is 0 Å². The lowest BCUT2D eigenvalue weighted by Crippen LogP contribution is -2.04. The van der Waals surface area contributed by atoms with Crippen LogP contribution in [0.2, 0.25) is 0 Å².